The third-order valence-electron chi connectivity index (χ3n) is 4.74. The molecule has 0 saturated carbocycles. The number of hydrogen-bond acceptors (Lipinski definition) is 4. The first kappa shape index (κ1) is 20.1. The Morgan fingerprint density at radius 3 is 2.71 bits per heavy atom. The lowest BCUT2D eigenvalue weighted by molar-refractivity contribution is -0.138. The molecule has 1 amide bonds. The fourth-order valence-electron chi connectivity index (χ4n) is 3.22. The number of aryl methyl sites for hydroxylation is 1. The molecule has 0 saturated heterocycles. The van der Waals surface area contributed by atoms with E-state index < -0.39 is 17.6 Å². The molecule has 0 unspecified atom stereocenters. The van der Waals surface area contributed by atoms with Gasteiger partial charge in [0.2, 0.25) is 0 Å². The van der Waals surface area contributed by atoms with E-state index in [-0.39, 0.29) is 11.1 Å². The molecule has 0 aliphatic rings. The molecule has 1 N–H and O–H groups in total. The van der Waals surface area contributed by atoms with E-state index in [1.807, 2.05) is 6.07 Å². The highest BCUT2D eigenvalue weighted by molar-refractivity contribution is 6.04. The van der Waals surface area contributed by atoms with E-state index in [2.05, 4.69) is 15.4 Å². The maximum absolute atomic E-state index is 13.1. The quantitative estimate of drug-likeness (QED) is 0.513. The van der Waals surface area contributed by atoms with Crippen LogP contribution >= 0.6 is 0 Å². The minimum absolute atomic E-state index is 0.0451. The molecule has 0 spiro atoms. The summed E-state index contributed by atoms with van der Waals surface area (Å²) in [5, 5.41) is 16.0. The van der Waals surface area contributed by atoms with Crippen molar-refractivity contribution < 1.29 is 18.0 Å². The van der Waals surface area contributed by atoms with Gasteiger partial charge in [0.25, 0.3) is 5.91 Å². The number of fused-ring (bicyclic) bond motifs is 1. The van der Waals surface area contributed by atoms with Crippen LogP contribution in [-0.2, 0) is 6.18 Å². The summed E-state index contributed by atoms with van der Waals surface area (Å²) < 4.78 is 41.0. The number of hydrogen-bond donors (Lipinski definition) is 1. The summed E-state index contributed by atoms with van der Waals surface area (Å²) in [7, 11) is 0. The number of amides is 1. The number of nitriles is 1. The monoisotopic (exact) mass is 421 g/mol. The molecule has 31 heavy (non-hydrogen) atoms. The third kappa shape index (κ3) is 3.83. The lowest BCUT2D eigenvalue weighted by atomic mass is 10.0. The average molecular weight is 421 g/mol. The minimum Gasteiger partial charge on any atom is -0.322 e. The molecular weight excluding hydrogens is 407 g/mol. The summed E-state index contributed by atoms with van der Waals surface area (Å²) in [6.07, 6.45) is -1.59. The fraction of sp³-hybridized carbons (Fsp3) is 0.0909. The molecule has 4 rings (SSSR count). The van der Waals surface area contributed by atoms with E-state index in [1.165, 1.54) is 29.8 Å². The molecule has 2 aromatic heterocycles. The Balaban J connectivity index is 1.66. The van der Waals surface area contributed by atoms with E-state index >= 15 is 0 Å². The van der Waals surface area contributed by atoms with Crippen molar-refractivity contribution in [2.45, 2.75) is 13.1 Å². The number of carbonyl (C=O) groups is 1. The number of nitrogens with one attached hydrogen (secondary N) is 1. The Labute approximate surface area is 174 Å². The Hall–Kier alpha value is -4.19. The van der Waals surface area contributed by atoms with Crippen LogP contribution in [0.5, 0.6) is 0 Å². The Morgan fingerprint density at radius 1 is 1.16 bits per heavy atom. The number of alkyl halides is 3. The molecule has 4 aromatic rings. The van der Waals surface area contributed by atoms with Gasteiger partial charge in [0.15, 0.2) is 5.65 Å². The van der Waals surface area contributed by atoms with Gasteiger partial charge < -0.3 is 5.32 Å². The highest BCUT2D eigenvalue weighted by atomic mass is 19.4. The Bertz CT molecular complexity index is 1350. The predicted molar refractivity (Wildman–Crippen MR) is 107 cm³/mol. The van der Waals surface area contributed by atoms with Crippen LogP contribution in [-0.4, -0.2) is 20.5 Å². The maximum atomic E-state index is 13.1. The lowest BCUT2D eigenvalue weighted by Gasteiger charge is -2.13. The van der Waals surface area contributed by atoms with Gasteiger partial charge in [0, 0.05) is 23.0 Å². The lowest BCUT2D eigenvalue weighted by Crippen LogP contribution is -2.15. The van der Waals surface area contributed by atoms with Crippen molar-refractivity contribution in [3.63, 3.8) is 0 Å². The third-order valence-corrected chi connectivity index (χ3v) is 4.74. The first-order chi connectivity index (χ1) is 14.8. The number of benzene rings is 2. The zero-order valence-electron chi connectivity index (χ0n) is 16.1. The number of carbonyl (C=O) groups excluding carboxylic acids is 1. The van der Waals surface area contributed by atoms with Gasteiger partial charge in [0.1, 0.15) is 11.6 Å². The standard InChI is InChI=1S/C22H14F3N5O/c1-13-5-6-15(10-18(13)22(23,24)25)21(31)29-17-4-2-3-14(9-17)19-7-8-27-20-16(11-26)12-28-30(19)20/h2-10,12H,1H3,(H,29,31). The van der Waals surface area contributed by atoms with Crippen LogP contribution in [0, 0.1) is 18.3 Å². The molecule has 2 aromatic carbocycles. The van der Waals surface area contributed by atoms with E-state index in [1.54, 1.807) is 36.5 Å². The highest BCUT2D eigenvalue weighted by Crippen LogP contribution is 2.32. The normalized spacial score (nSPS) is 11.3. The largest absolute Gasteiger partial charge is 0.416 e. The molecule has 0 aliphatic heterocycles. The molecular formula is C22H14F3N5O. The number of aromatic nitrogens is 3. The van der Waals surface area contributed by atoms with Gasteiger partial charge in [-0.2, -0.15) is 23.5 Å². The molecule has 2 heterocycles. The highest BCUT2D eigenvalue weighted by Gasteiger charge is 2.33. The van der Waals surface area contributed by atoms with Crippen LogP contribution in [0.4, 0.5) is 18.9 Å². The van der Waals surface area contributed by atoms with Crippen molar-refractivity contribution in [3.05, 3.63) is 83.2 Å². The molecule has 0 fully saturated rings. The Kier molecular flexibility index (Phi) is 4.91. The second-order valence-corrected chi connectivity index (χ2v) is 6.80. The number of rotatable bonds is 3. The van der Waals surface area contributed by atoms with E-state index in [9.17, 15) is 18.0 Å². The summed E-state index contributed by atoms with van der Waals surface area (Å²) in [6.45, 7) is 1.34. The van der Waals surface area contributed by atoms with Gasteiger partial charge in [-0.25, -0.2) is 9.50 Å². The van der Waals surface area contributed by atoms with Crippen molar-refractivity contribution >= 4 is 17.2 Å². The maximum Gasteiger partial charge on any atom is 0.416 e. The summed E-state index contributed by atoms with van der Waals surface area (Å²) >= 11 is 0. The second-order valence-electron chi connectivity index (χ2n) is 6.80. The number of halogens is 3. The smallest absolute Gasteiger partial charge is 0.322 e. The molecule has 0 bridgehead atoms. The number of anilines is 1. The molecule has 154 valence electrons. The van der Waals surface area contributed by atoms with Gasteiger partial charge in [0.05, 0.1) is 17.5 Å². The van der Waals surface area contributed by atoms with Crippen molar-refractivity contribution in [3.8, 4) is 17.3 Å². The first-order valence-corrected chi connectivity index (χ1v) is 9.10. The first-order valence-electron chi connectivity index (χ1n) is 9.10. The van der Waals surface area contributed by atoms with E-state index in [0.717, 1.165) is 6.07 Å². The molecule has 6 nitrogen and oxygen atoms in total. The van der Waals surface area contributed by atoms with Gasteiger partial charge in [-0.1, -0.05) is 18.2 Å². The van der Waals surface area contributed by atoms with E-state index in [0.29, 0.717) is 28.2 Å². The summed E-state index contributed by atoms with van der Waals surface area (Å²) in [4.78, 5) is 16.7. The molecule has 0 aliphatic carbocycles. The van der Waals surface area contributed by atoms with Gasteiger partial charge in [-0.15, -0.1) is 0 Å². The van der Waals surface area contributed by atoms with Crippen molar-refractivity contribution in [2.24, 2.45) is 0 Å². The van der Waals surface area contributed by atoms with Crippen LogP contribution in [0.15, 0.2) is 60.9 Å². The second kappa shape index (κ2) is 7.57. The van der Waals surface area contributed by atoms with Crippen molar-refractivity contribution in [2.75, 3.05) is 5.32 Å². The zero-order chi connectivity index (χ0) is 22.2. The van der Waals surface area contributed by atoms with Crippen LogP contribution < -0.4 is 5.32 Å². The van der Waals surface area contributed by atoms with Gasteiger partial charge in [-0.3, -0.25) is 4.79 Å². The zero-order valence-corrected chi connectivity index (χ0v) is 16.1. The molecule has 0 atom stereocenters. The predicted octanol–water partition coefficient (Wildman–Crippen LogP) is 4.85. The number of nitrogens with zero attached hydrogens (tertiary/aromatic N) is 4. The summed E-state index contributed by atoms with van der Waals surface area (Å²) in [5.41, 5.74) is 1.54. The van der Waals surface area contributed by atoms with Crippen LogP contribution in [0.1, 0.15) is 27.0 Å². The fourth-order valence-corrected chi connectivity index (χ4v) is 3.22. The summed E-state index contributed by atoms with van der Waals surface area (Å²) in [5.74, 6) is -0.659. The van der Waals surface area contributed by atoms with Crippen LogP contribution in [0.2, 0.25) is 0 Å². The van der Waals surface area contributed by atoms with Crippen LogP contribution in [0.3, 0.4) is 0 Å². The Morgan fingerprint density at radius 2 is 1.97 bits per heavy atom. The topological polar surface area (TPSA) is 83.1 Å². The minimum atomic E-state index is -4.54. The summed E-state index contributed by atoms with van der Waals surface area (Å²) in [6, 6.07) is 14.0. The molecule has 0 radical (unpaired) electrons. The van der Waals surface area contributed by atoms with Crippen LogP contribution in [0.25, 0.3) is 16.9 Å². The van der Waals surface area contributed by atoms with Crippen molar-refractivity contribution in [1.29, 1.82) is 5.26 Å². The van der Waals surface area contributed by atoms with Crippen molar-refractivity contribution in [1.82, 2.24) is 14.6 Å². The van der Waals surface area contributed by atoms with Gasteiger partial charge >= 0.3 is 6.18 Å². The SMILES string of the molecule is Cc1ccc(C(=O)Nc2cccc(-c3ccnc4c(C#N)cnn34)c2)cc1C(F)(F)F. The average Bonchev–Trinajstić information content (AvgIpc) is 3.16. The molecule has 9 heteroatoms. The van der Waals surface area contributed by atoms with Gasteiger partial charge in [-0.05, 0) is 42.8 Å². The van der Waals surface area contributed by atoms with E-state index in [4.69, 9.17) is 5.26 Å².